The number of carbonyl (C=O) groups is 2. The van der Waals surface area contributed by atoms with E-state index in [-0.39, 0.29) is 23.0 Å². The van der Waals surface area contributed by atoms with Crippen LogP contribution in [0.1, 0.15) is 47.5 Å². The summed E-state index contributed by atoms with van der Waals surface area (Å²) in [6, 6.07) is 2.44. The van der Waals surface area contributed by atoms with Crippen LogP contribution >= 0.6 is 0 Å². The number of carbonyl (C=O) groups excluding carboxylic acids is 2. The third kappa shape index (κ3) is 4.37. The molecule has 1 heterocycles. The molecule has 0 saturated heterocycles. The minimum Gasteiger partial charge on any atom is -0.348 e. The van der Waals surface area contributed by atoms with Gasteiger partial charge in [0.1, 0.15) is 17.3 Å². The van der Waals surface area contributed by atoms with Crippen molar-refractivity contribution in [2.45, 2.75) is 32.7 Å². The largest absolute Gasteiger partial charge is 0.348 e. The monoisotopic (exact) mass is 336 g/mol. The highest BCUT2D eigenvalue weighted by Gasteiger charge is 2.18. The van der Waals surface area contributed by atoms with Gasteiger partial charge in [0, 0.05) is 17.7 Å². The summed E-state index contributed by atoms with van der Waals surface area (Å²) in [5, 5.41) is 11.4. The van der Waals surface area contributed by atoms with Crippen molar-refractivity contribution in [3.63, 3.8) is 0 Å². The highest BCUT2D eigenvalue weighted by Crippen LogP contribution is 2.15. The number of rotatable bonds is 6. The zero-order valence-corrected chi connectivity index (χ0v) is 13.3. The summed E-state index contributed by atoms with van der Waals surface area (Å²) in [4.78, 5) is 24.3. The summed E-state index contributed by atoms with van der Waals surface area (Å²) in [6.07, 6.45) is 2.98. The molecule has 0 saturated carbocycles. The molecule has 1 unspecified atom stereocenters. The highest BCUT2D eigenvalue weighted by molar-refractivity contribution is 6.08. The second-order valence-corrected chi connectivity index (χ2v) is 5.43. The molecule has 3 N–H and O–H groups in total. The molecule has 2 rings (SSSR count). The van der Waals surface area contributed by atoms with Gasteiger partial charge in [0.15, 0.2) is 0 Å². The number of aromatic amines is 1. The number of aromatic nitrogens is 2. The van der Waals surface area contributed by atoms with E-state index in [0.29, 0.717) is 6.07 Å². The number of amides is 2. The van der Waals surface area contributed by atoms with E-state index in [1.807, 2.05) is 13.8 Å². The average Bonchev–Trinajstić information content (AvgIpc) is 2.94. The molecular formula is C16H18F2N4O2. The molecule has 1 aromatic heterocycles. The van der Waals surface area contributed by atoms with Crippen LogP contribution in [0.3, 0.4) is 0 Å². The maximum Gasteiger partial charge on any atom is 0.271 e. The molecule has 0 aliphatic heterocycles. The van der Waals surface area contributed by atoms with Gasteiger partial charge < -0.3 is 10.6 Å². The Morgan fingerprint density at radius 2 is 1.88 bits per heavy atom. The van der Waals surface area contributed by atoms with Crippen LogP contribution in [-0.4, -0.2) is 28.1 Å². The molecule has 24 heavy (non-hydrogen) atoms. The summed E-state index contributed by atoms with van der Waals surface area (Å²) in [6.45, 7) is 3.87. The summed E-state index contributed by atoms with van der Waals surface area (Å²) in [5.41, 5.74) is 0.00783. The maximum absolute atomic E-state index is 13.2. The van der Waals surface area contributed by atoms with Crippen molar-refractivity contribution < 1.29 is 18.4 Å². The fourth-order valence-electron chi connectivity index (χ4n) is 2.23. The zero-order chi connectivity index (χ0) is 17.7. The summed E-state index contributed by atoms with van der Waals surface area (Å²) in [7, 11) is 0. The van der Waals surface area contributed by atoms with Crippen LogP contribution in [0.2, 0.25) is 0 Å². The lowest BCUT2D eigenvalue weighted by atomic mass is 10.2. The predicted octanol–water partition coefficient (Wildman–Crippen LogP) is 2.86. The van der Waals surface area contributed by atoms with Gasteiger partial charge in [-0.05, 0) is 25.5 Å². The molecule has 1 atom stereocenters. The Hall–Kier alpha value is -2.77. The summed E-state index contributed by atoms with van der Waals surface area (Å²) < 4.78 is 26.4. The van der Waals surface area contributed by atoms with Crippen LogP contribution in [0.25, 0.3) is 0 Å². The molecule has 6 nitrogen and oxygen atoms in total. The number of halogens is 2. The fourth-order valence-corrected chi connectivity index (χ4v) is 2.23. The quantitative estimate of drug-likeness (QED) is 0.758. The molecule has 0 fully saturated rings. The van der Waals surface area contributed by atoms with Gasteiger partial charge in [0.05, 0.1) is 11.9 Å². The van der Waals surface area contributed by atoms with Gasteiger partial charge in [-0.15, -0.1) is 0 Å². The van der Waals surface area contributed by atoms with E-state index in [1.54, 1.807) is 0 Å². The van der Waals surface area contributed by atoms with Crippen LogP contribution in [0, 0.1) is 11.6 Å². The minimum absolute atomic E-state index is 0.0355. The normalized spacial score (nSPS) is 11.8. The summed E-state index contributed by atoms with van der Waals surface area (Å²) in [5.74, 6) is -2.89. The molecule has 1 aromatic carbocycles. The van der Waals surface area contributed by atoms with Gasteiger partial charge in [0.25, 0.3) is 11.8 Å². The second-order valence-electron chi connectivity index (χ2n) is 5.43. The molecule has 2 aromatic rings. The van der Waals surface area contributed by atoms with Gasteiger partial charge in [-0.25, -0.2) is 8.78 Å². The lowest BCUT2D eigenvalue weighted by Crippen LogP contribution is -2.33. The van der Waals surface area contributed by atoms with Crippen molar-refractivity contribution in [2.24, 2.45) is 0 Å². The molecule has 8 heteroatoms. The summed E-state index contributed by atoms with van der Waals surface area (Å²) >= 11 is 0. The van der Waals surface area contributed by atoms with Crippen LogP contribution in [0.15, 0.2) is 24.4 Å². The average molecular weight is 336 g/mol. The number of nitrogens with one attached hydrogen (secondary N) is 3. The molecule has 0 radical (unpaired) electrons. The predicted molar refractivity (Wildman–Crippen MR) is 84.7 cm³/mol. The number of H-pyrrole nitrogens is 1. The Morgan fingerprint density at radius 1 is 1.21 bits per heavy atom. The van der Waals surface area contributed by atoms with E-state index in [2.05, 4.69) is 20.8 Å². The lowest BCUT2D eigenvalue weighted by Gasteiger charge is -2.12. The minimum atomic E-state index is -0.862. The van der Waals surface area contributed by atoms with Crippen molar-refractivity contribution in [1.82, 2.24) is 15.5 Å². The maximum atomic E-state index is 13.2. The van der Waals surface area contributed by atoms with Crippen molar-refractivity contribution in [3.8, 4) is 0 Å². The Bertz CT molecular complexity index is 725. The van der Waals surface area contributed by atoms with Crippen LogP contribution < -0.4 is 10.6 Å². The Morgan fingerprint density at radius 3 is 2.50 bits per heavy atom. The van der Waals surface area contributed by atoms with E-state index in [1.165, 1.54) is 6.20 Å². The molecule has 0 bridgehead atoms. The van der Waals surface area contributed by atoms with Gasteiger partial charge in [-0.1, -0.05) is 13.3 Å². The first-order valence-corrected chi connectivity index (χ1v) is 7.52. The molecule has 2 amide bonds. The van der Waals surface area contributed by atoms with E-state index < -0.39 is 23.4 Å². The van der Waals surface area contributed by atoms with E-state index in [9.17, 15) is 18.4 Å². The molecule has 0 aliphatic carbocycles. The highest BCUT2D eigenvalue weighted by atomic mass is 19.1. The van der Waals surface area contributed by atoms with Crippen LogP contribution in [0.4, 0.5) is 14.5 Å². The van der Waals surface area contributed by atoms with Crippen molar-refractivity contribution in [2.75, 3.05) is 5.32 Å². The SMILES string of the molecule is CCCC(C)NC(=O)c1[nH]ncc1NC(=O)c1cc(F)cc(F)c1. The second kappa shape index (κ2) is 7.67. The van der Waals surface area contributed by atoms with Gasteiger partial charge in [0.2, 0.25) is 0 Å². The zero-order valence-electron chi connectivity index (χ0n) is 13.3. The molecular weight excluding hydrogens is 318 g/mol. The number of anilines is 1. The first-order valence-electron chi connectivity index (χ1n) is 7.52. The van der Waals surface area contributed by atoms with Crippen LogP contribution in [0.5, 0.6) is 0 Å². The molecule has 0 spiro atoms. The van der Waals surface area contributed by atoms with Gasteiger partial charge >= 0.3 is 0 Å². The number of nitrogens with zero attached hydrogens (tertiary/aromatic N) is 1. The Kier molecular flexibility index (Phi) is 5.62. The Balaban J connectivity index is 2.12. The van der Waals surface area contributed by atoms with Crippen molar-refractivity contribution in [3.05, 3.63) is 47.3 Å². The van der Waals surface area contributed by atoms with Crippen LogP contribution in [-0.2, 0) is 0 Å². The van der Waals surface area contributed by atoms with E-state index in [0.717, 1.165) is 25.0 Å². The van der Waals surface area contributed by atoms with Gasteiger partial charge in [-0.2, -0.15) is 5.10 Å². The molecule has 0 aliphatic rings. The molecule has 128 valence electrons. The Labute approximate surface area is 137 Å². The van der Waals surface area contributed by atoms with Crippen molar-refractivity contribution in [1.29, 1.82) is 0 Å². The fraction of sp³-hybridized carbons (Fsp3) is 0.312. The number of benzene rings is 1. The first-order chi connectivity index (χ1) is 11.4. The first kappa shape index (κ1) is 17.6. The van der Waals surface area contributed by atoms with E-state index in [4.69, 9.17) is 0 Å². The number of hydrogen-bond acceptors (Lipinski definition) is 3. The van der Waals surface area contributed by atoms with E-state index >= 15 is 0 Å². The van der Waals surface area contributed by atoms with Gasteiger partial charge in [-0.3, -0.25) is 14.7 Å². The lowest BCUT2D eigenvalue weighted by molar-refractivity contribution is 0.0934. The smallest absolute Gasteiger partial charge is 0.271 e. The topological polar surface area (TPSA) is 86.9 Å². The standard InChI is InChI=1S/C16H18F2N4O2/c1-3-4-9(2)20-16(24)14-13(8-19-22-14)21-15(23)10-5-11(17)7-12(18)6-10/h5-9H,3-4H2,1-2H3,(H,19,22)(H,20,24)(H,21,23). The third-order valence-corrected chi connectivity index (χ3v) is 3.34. The third-order valence-electron chi connectivity index (χ3n) is 3.34. The van der Waals surface area contributed by atoms with Crippen molar-refractivity contribution >= 4 is 17.5 Å². The number of hydrogen-bond donors (Lipinski definition) is 3.